The van der Waals surface area contributed by atoms with Crippen LogP contribution in [-0.2, 0) is 16.1 Å². The summed E-state index contributed by atoms with van der Waals surface area (Å²) in [7, 11) is 0. The van der Waals surface area contributed by atoms with Crippen LogP contribution < -0.4 is 4.90 Å². The molecule has 1 aliphatic heterocycles. The van der Waals surface area contributed by atoms with Crippen molar-refractivity contribution in [3.8, 4) is 0 Å². The third-order valence-electron chi connectivity index (χ3n) is 4.51. The zero-order valence-corrected chi connectivity index (χ0v) is 14.7. The molecule has 2 aromatic rings. The van der Waals surface area contributed by atoms with Gasteiger partial charge in [-0.25, -0.2) is 4.79 Å². The first-order valence-electron chi connectivity index (χ1n) is 8.94. The van der Waals surface area contributed by atoms with E-state index in [1.54, 1.807) is 0 Å². The van der Waals surface area contributed by atoms with Gasteiger partial charge < -0.3 is 14.4 Å². The lowest BCUT2D eigenvalue weighted by Crippen LogP contribution is -2.37. The molecule has 0 spiro atoms. The van der Waals surface area contributed by atoms with Crippen LogP contribution in [0.3, 0.4) is 0 Å². The summed E-state index contributed by atoms with van der Waals surface area (Å²) < 4.78 is 11.1. The van der Waals surface area contributed by atoms with Crippen molar-refractivity contribution >= 4 is 11.7 Å². The number of rotatable bonds is 6. The van der Waals surface area contributed by atoms with Crippen LogP contribution in [0.25, 0.3) is 0 Å². The molecule has 0 unspecified atom stereocenters. The van der Waals surface area contributed by atoms with E-state index in [1.807, 2.05) is 49.4 Å². The molecule has 1 fully saturated rings. The van der Waals surface area contributed by atoms with Crippen LogP contribution >= 0.6 is 0 Å². The van der Waals surface area contributed by atoms with Gasteiger partial charge in [0.15, 0.2) is 0 Å². The maximum atomic E-state index is 11.7. The molecule has 0 aliphatic carbocycles. The van der Waals surface area contributed by atoms with E-state index in [2.05, 4.69) is 17.0 Å². The van der Waals surface area contributed by atoms with Crippen molar-refractivity contribution in [2.75, 3.05) is 24.6 Å². The quantitative estimate of drug-likeness (QED) is 0.744. The number of hydrogen-bond acceptors (Lipinski definition) is 4. The summed E-state index contributed by atoms with van der Waals surface area (Å²) in [6.07, 6.45) is 2.36. The van der Waals surface area contributed by atoms with Crippen molar-refractivity contribution in [1.29, 1.82) is 0 Å². The van der Waals surface area contributed by atoms with Crippen molar-refractivity contribution in [1.82, 2.24) is 0 Å². The number of hydrogen-bond donors (Lipinski definition) is 0. The number of anilines is 1. The van der Waals surface area contributed by atoms with E-state index in [9.17, 15) is 4.79 Å². The number of carbonyl (C=O) groups excluding carboxylic acids is 1. The Morgan fingerprint density at radius 3 is 2.36 bits per heavy atom. The number of benzene rings is 2. The van der Waals surface area contributed by atoms with Gasteiger partial charge in [0, 0.05) is 18.8 Å². The monoisotopic (exact) mass is 339 g/mol. The minimum Gasteiger partial charge on any atom is -0.462 e. The van der Waals surface area contributed by atoms with Gasteiger partial charge in [-0.3, -0.25) is 0 Å². The SMILES string of the molecule is CCOC(=O)c1ccc(N2CCC(OCc3ccccc3)CC2)cc1. The van der Waals surface area contributed by atoms with Crippen molar-refractivity contribution in [2.24, 2.45) is 0 Å². The van der Waals surface area contributed by atoms with Crippen LogP contribution in [0.2, 0.25) is 0 Å². The largest absolute Gasteiger partial charge is 0.462 e. The molecule has 3 rings (SSSR count). The second-order valence-electron chi connectivity index (χ2n) is 6.25. The van der Waals surface area contributed by atoms with Crippen LogP contribution in [-0.4, -0.2) is 31.8 Å². The summed E-state index contributed by atoms with van der Waals surface area (Å²) in [6.45, 7) is 4.84. The number of esters is 1. The van der Waals surface area contributed by atoms with Crippen molar-refractivity contribution < 1.29 is 14.3 Å². The fraction of sp³-hybridized carbons (Fsp3) is 0.381. The fourth-order valence-electron chi connectivity index (χ4n) is 3.09. The third kappa shape index (κ3) is 4.83. The van der Waals surface area contributed by atoms with Gasteiger partial charge >= 0.3 is 5.97 Å². The molecule has 4 heteroatoms. The summed E-state index contributed by atoms with van der Waals surface area (Å²) in [6, 6.07) is 18.0. The average Bonchev–Trinajstić information content (AvgIpc) is 2.68. The minimum absolute atomic E-state index is 0.262. The average molecular weight is 339 g/mol. The van der Waals surface area contributed by atoms with E-state index in [-0.39, 0.29) is 5.97 Å². The Morgan fingerprint density at radius 1 is 1.04 bits per heavy atom. The maximum Gasteiger partial charge on any atom is 0.338 e. The molecule has 1 heterocycles. The normalized spacial score (nSPS) is 15.2. The highest BCUT2D eigenvalue weighted by molar-refractivity contribution is 5.89. The predicted octanol–water partition coefficient (Wildman–Crippen LogP) is 4.05. The van der Waals surface area contributed by atoms with E-state index in [0.29, 0.717) is 24.9 Å². The first-order chi connectivity index (χ1) is 12.3. The lowest BCUT2D eigenvalue weighted by Gasteiger charge is -2.33. The molecule has 0 atom stereocenters. The highest BCUT2D eigenvalue weighted by Gasteiger charge is 2.20. The highest BCUT2D eigenvalue weighted by Crippen LogP contribution is 2.22. The molecule has 4 nitrogen and oxygen atoms in total. The molecule has 0 N–H and O–H groups in total. The lowest BCUT2D eigenvalue weighted by molar-refractivity contribution is 0.0251. The molecule has 0 bridgehead atoms. The van der Waals surface area contributed by atoms with Crippen molar-refractivity contribution in [3.05, 3.63) is 65.7 Å². The Labute approximate surface area is 149 Å². The Hall–Kier alpha value is -2.33. The van der Waals surface area contributed by atoms with Crippen LogP contribution in [0.1, 0.15) is 35.7 Å². The van der Waals surface area contributed by atoms with Gasteiger partial charge in [0.1, 0.15) is 0 Å². The van der Waals surface area contributed by atoms with E-state index >= 15 is 0 Å². The Morgan fingerprint density at radius 2 is 1.72 bits per heavy atom. The molecule has 1 aliphatic rings. The smallest absolute Gasteiger partial charge is 0.338 e. The highest BCUT2D eigenvalue weighted by atomic mass is 16.5. The van der Waals surface area contributed by atoms with Crippen LogP contribution in [0.4, 0.5) is 5.69 Å². The van der Waals surface area contributed by atoms with Gasteiger partial charge in [0.25, 0.3) is 0 Å². The second-order valence-corrected chi connectivity index (χ2v) is 6.25. The van der Waals surface area contributed by atoms with E-state index < -0.39 is 0 Å². The Bertz CT molecular complexity index is 661. The molecule has 0 saturated carbocycles. The second kappa shape index (κ2) is 8.67. The summed E-state index contributed by atoms with van der Waals surface area (Å²) in [5.74, 6) is -0.262. The number of piperidine rings is 1. The lowest BCUT2D eigenvalue weighted by atomic mass is 10.1. The Balaban J connectivity index is 1.48. The van der Waals surface area contributed by atoms with Crippen molar-refractivity contribution in [2.45, 2.75) is 32.5 Å². The summed E-state index contributed by atoms with van der Waals surface area (Å²) in [4.78, 5) is 14.1. The molecule has 25 heavy (non-hydrogen) atoms. The molecule has 0 aromatic heterocycles. The van der Waals surface area contributed by atoms with Crippen molar-refractivity contribution in [3.63, 3.8) is 0 Å². The molecule has 0 radical (unpaired) electrons. The van der Waals surface area contributed by atoms with Gasteiger partial charge in [-0.05, 0) is 49.6 Å². The van der Waals surface area contributed by atoms with Gasteiger partial charge in [-0.1, -0.05) is 30.3 Å². The number of nitrogens with zero attached hydrogens (tertiary/aromatic N) is 1. The minimum atomic E-state index is -0.262. The molecule has 1 saturated heterocycles. The maximum absolute atomic E-state index is 11.7. The van der Waals surface area contributed by atoms with Gasteiger partial charge in [0.05, 0.1) is 24.9 Å². The third-order valence-corrected chi connectivity index (χ3v) is 4.51. The van der Waals surface area contributed by atoms with E-state index in [0.717, 1.165) is 31.6 Å². The van der Waals surface area contributed by atoms with E-state index in [4.69, 9.17) is 9.47 Å². The molecule has 132 valence electrons. The zero-order valence-electron chi connectivity index (χ0n) is 14.7. The van der Waals surface area contributed by atoms with Gasteiger partial charge in [-0.2, -0.15) is 0 Å². The summed E-state index contributed by atoms with van der Waals surface area (Å²) in [5.41, 5.74) is 2.97. The molecular weight excluding hydrogens is 314 g/mol. The van der Waals surface area contributed by atoms with Gasteiger partial charge in [-0.15, -0.1) is 0 Å². The number of ether oxygens (including phenoxy) is 2. The zero-order chi connectivity index (χ0) is 17.5. The topological polar surface area (TPSA) is 38.8 Å². The van der Waals surface area contributed by atoms with Gasteiger partial charge in [0.2, 0.25) is 0 Å². The standard InChI is InChI=1S/C21H25NO3/c1-2-24-21(23)18-8-10-19(11-9-18)22-14-12-20(13-15-22)25-16-17-6-4-3-5-7-17/h3-11,20H,2,12-16H2,1H3. The molecule has 0 amide bonds. The van der Waals surface area contributed by atoms with E-state index in [1.165, 1.54) is 5.56 Å². The summed E-state index contributed by atoms with van der Waals surface area (Å²) >= 11 is 0. The molecule has 2 aromatic carbocycles. The summed E-state index contributed by atoms with van der Waals surface area (Å²) in [5, 5.41) is 0. The Kier molecular flexibility index (Phi) is 6.07. The first-order valence-corrected chi connectivity index (χ1v) is 8.94. The first kappa shape index (κ1) is 17.5. The number of carbonyl (C=O) groups is 1. The van der Waals surface area contributed by atoms with Crippen LogP contribution in [0, 0.1) is 0 Å². The van der Waals surface area contributed by atoms with Crippen LogP contribution in [0.5, 0.6) is 0 Å². The van der Waals surface area contributed by atoms with Crippen LogP contribution in [0.15, 0.2) is 54.6 Å². The molecular formula is C21H25NO3. The predicted molar refractivity (Wildman–Crippen MR) is 98.9 cm³/mol. The fourth-order valence-corrected chi connectivity index (χ4v) is 3.09.